The number of ether oxygens (including phenoxy) is 2. The molecular weight excluding hydrogens is 396 g/mol. The van der Waals surface area contributed by atoms with E-state index >= 15 is 0 Å². The van der Waals surface area contributed by atoms with E-state index in [1.54, 1.807) is 0 Å². The van der Waals surface area contributed by atoms with Crippen LogP contribution in [-0.2, 0) is 11.3 Å². The normalized spacial score (nSPS) is 14.6. The van der Waals surface area contributed by atoms with Crippen LogP contribution in [0.4, 0.5) is 5.69 Å². The molecule has 2 aromatic rings. The molecule has 0 bridgehead atoms. The zero-order valence-electron chi connectivity index (χ0n) is 15.0. The minimum atomic E-state index is -0.280. The molecule has 0 aliphatic carbocycles. The van der Waals surface area contributed by atoms with Crippen molar-refractivity contribution in [3.05, 3.63) is 52.5 Å². The monoisotopic (exact) mass is 418 g/mol. The molecule has 3 rings (SSSR count). The van der Waals surface area contributed by atoms with Gasteiger partial charge in [-0.15, -0.1) is 0 Å². The predicted molar refractivity (Wildman–Crippen MR) is 106 cm³/mol. The molecule has 0 saturated heterocycles. The van der Waals surface area contributed by atoms with Gasteiger partial charge in [-0.05, 0) is 37.7 Å². The zero-order chi connectivity index (χ0) is 18.5. The molecule has 1 amide bonds. The van der Waals surface area contributed by atoms with Crippen molar-refractivity contribution in [3.63, 3.8) is 0 Å². The molecule has 26 heavy (non-hydrogen) atoms. The number of carbonyl (C=O) groups is 1. The topological polar surface area (TPSA) is 50.8 Å². The summed E-state index contributed by atoms with van der Waals surface area (Å²) >= 11 is 3.55. The Balaban J connectivity index is 1.63. The lowest BCUT2D eigenvalue weighted by Crippen LogP contribution is -2.39. The maximum absolute atomic E-state index is 12.6. The van der Waals surface area contributed by atoms with Crippen LogP contribution in [-0.4, -0.2) is 37.1 Å². The second-order valence-electron chi connectivity index (χ2n) is 6.38. The molecule has 1 heterocycles. The Hall–Kier alpha value is -2.05. The second-order valence-corrected chi connectivity index (χ2v) is 7.24. The SMILES string of the molecule is CC(C(=O)Nc1ccc2c(c1)OCCCO2)N(C)Cc1ccccc1Br. The molecule has 0 saturated carbocycles. The number of benzene rings is 2. The van der Waals surface area contributed by atoms with E-state index in [0.717, 1.165) is 22.2 Å². The van der Waals surface area contributed by atoms with Gasteiger partial charge in [0.2, 0.25) is 5.91 Å². The van der Waals surface area contributed by atoms with Crippen molar-refractivity contribution in [2.24, 2.45) is 0 Å². The van der Waals surface area contributed by atoms with Crippen molar-refractivity contribution in [3.8, 4) is 11.5 Å². The van der Waals surface area contributed by atoms with Gasteiger partial charge in [-0.25, -0.2) is 0 Å². The Morgan fingerprint density at radius 3 is 2.69 bits per heavy atom. The summed E-state index contributed by atoms with van der Waals surface area (Å²) in [5.74, 6) is 1.34. The molecule has 0 aromatic heterocycles. The minimum Gasteiger partial charge on any atom is -0.490 e. The van der Waals surface area contributed by atoms with Crippen molar-refractivity contribution in [1.29, 1.82) is 0 Å². The number of nitrogens with zero attached hydrogens (tertiary/aromatic N) is 1. The highest BCUT2D eigenvalue weighted by atomic mass is 79.9. The molecule has 2 aromatic carbocycles. The standard InChI is InChI=1S/C20H23BrN2O3/c1-14(23(2)13-15-6-3-4-7-17(15)21)20(24)22-16-8-9-18-19(12-16)26-11-5-10-25-18/h3-4,6-9,12,14H,5,10-11,13H2,1-2H3,(H,22,24). The minimum absolute atomic E-state index is 0.0611. The van der Waals surface area contributed by atoms with Crippen molar-refractivity contribution in [2.45, 2.75) is 25.9 Å². The Morgan fingerprint density at radius 2 is 1.92 bits per heavy atom. The fraction of sp³-hybridized carbons (Fsp3) is 0.350. The maximum Gasteiger partial charge on any atom is 0.241 e. The Bertz CT molecular complexity index is 781. The third kappa shape index (κ3) is 4.56. The zero-order valence-corrected chi connectivity index (χ0v) is 16.6. The largest absolute Gasteiger partial charge is 0.490 e. The smallest absolute Gasteiger partial charge is 0.241 e. The summed E-state index contributed by atoms with van der Waals surface area (Å²) in [7, 11) is 1.94. The van der Waals surface area contributed by atoms with Gasteiger partial charge >= 0.3 is 0 Å². The first-order chi connectivity index (χ1) is 12.5. The van der Waals surface area contributed by atoms with Gasteiger partial charge < -0.3 is 14.8 Å². The van der Waals surface area contributed by atoms with Crippen LogP contribution in [0.3, 0.4) is 0 Å². The molecule has 6 heteroatoms. The number of carbonyl (C=O) groups excluding carboxylic acids is 1. The van der Waals surface area contributed by atoms with E-state index in [0.29, 0.717) is 31.2 Å². The van der Waals surface area contributed by atoms with E-state index in [2.05, 4.69) is 27.3 Å². The highest BCUT2D eigenvalue weighted by Gasteiger charge is 2.20. The van der Waals surface area contributed by atoms with Gasteiger partial charge in [-0.2, -0.15) is 0 Å². The molecule has 1 N–H and O–H groups in total. The van der Waals surface area contributed by atoms with Crippen LogP contribution >= 0.6 is 15.9 Å². The number of anilines is 1. The highest BCUT2D eigenvalue weighted by molar-refractivity contribution is 9.10. The third-order valence-electron chi connectivity index (χ3n) is 4.43. The van der Waals surface area contributed by atoms with E-state index in [9.17, 15) is 4.79 Å². The molecule has 0 spiro atoms. The summed E-state index contributed by atoms with van der Waals surface area (Å²) in [6, 6.07) is 13.2. The summed E-state index contributed by atoms with van der Waals surface area (Å²) in [6.07, 6.45) is 0.854. The Morgan fingerprint density at radius 1 is 1.19 bits per heavy atom. The average Bonchev–Trinajstić information content (AvgIpc) is 2.87. The summed E-state index contributed by atoms with van der Waals surface area (Å²) in [6.45, 7) is 3.84. The summed E-state index contributed by atoms with van der Waals surface area (Å²) < 4.78 is 12.3. The van der Waals surface area contributed by atoms with Gasteiger partial charge in [-0.1, -0.05) is 34.1 Å². The van der Waals surface area contributed by atoms with Crippen molar-refractivity contribution < 1.29 is 14.3 Å². The molecule has 1 unspecified atom stereocenters. The van der Waals surface area contributed by atoms with Crippen LogP contribution in [0, 0.1) is 0 Å². The van der Waals surface area contributed by atoms with Crippen LogP contribution in [0.5, 0.6) is 11.5 Å². The number of hydrogen-bond donors (Lipinski definition) is 1. The Labute approximate surface area is 162 Å². The average molecular weight is 419 g/mol. The molecule has 1 aliphatic rings. The number of nitrogens with one attached hydrogen (secondary N) is 1. The van der Waals surface area contributed by atoms with Gasteiger partial charge in [0, 0.05) is 29.2 Å². The lowest BCUT2D eigenvalue weighted by molar-refractivity contribution is -0.120. The van der Waals surface area contributed by atoms with Gasteiger partial charge in [-0.3, -0.25) is 9.69 Å². The molecule has 0 radical (unpaired) electrons. The van der Waals surface area contributed by atoms with Gasteiger partial charge in [0.05, 0.1) is 19.3 Å². The quantitative estimate of drug-likeness (QED) is 0.794. The number of rotatable bonds is 5. The summed E-state index contributed by atoms with van der Waals surface area (Å²) in [4.78, 5) is 14.6. The predicted octanol–water partition coefficient (Wildman–Crippen LogP) is 4.07. The summed E-state index contributed by atoms with van der Waals surface area (Å²) in [5.41, 5.74) is 1.85. The van der Waals surface area contributed by atoms with Crippen molar-refractivity contribution in [2.75, 3.05) is 25.6 Å². The second kappa shape index (κ2) is 8.56. The molecule has 0 fully saturated rings. The number of halogens is 1. The first-order valence-corrected chi connectivity index (χ1v) is 9.48. The fourth-order valence-electron chi connectivity index (χ4n) is 2.72. The molecule has 1 atom stereocenters. The van der Waals surface area contributed by atoms with Crippen LogP contribution in [0.25, 0.3) is 0 Å². The van der Waals surface area contributed by atoms with Gasteiger partial charge in [0.25, 0.3) is 0 Å². The molecular formula is C20H23BrN2O3. The molecule has 5 nitrogen and oxygen atoms in total. The van der Waals surface area contributed by atoms with Gasteiger partial charge in [0.15, 0.2) is 11.5 Å². The number of likely N-dealkylation sites (N-methyl/N-ethyl adjacent to an activating group) is 1. The molecule has 1 aliphatic heterocycles. The van der Waals surface area contributed by atoms with E-state index < -0.39 is 0 Å². The number of hydrogen-bond acceptors (Lipinski definition) is 4. The number of amides is 1. The lowest BCUT2D eigenvalue weighted by atomic mass is 10.2. The maximum atomic E-state index is 12.6. The molecule has 138 valence electrons. The van der Waals surface area contributed by atoms with Crippen LogP contribution in [0.15, 0.2) is 46.9 Å². The first-order valence-electron chi connectivity index (χ1n) is 8.69. The van der Waals surface area contributed by atoms with Crippen molar-refractivity contribution in [1.82, 2.24) is 4.90 Å². The van der Waals surface area contributed by atoms with Crippen LogP contribution in [0.2, 0.25) is 0 Å². The third-order valence-corrected chi connectivity index (χ3v) is 5.21. The van der Waals surface area contributed by atoms with E-state index in [1.165, 1.54) is 0 Å². The van der Waals surface area contributed by atoms with E-state index in [1.807, 2.05) is 55.3 Å². The van der Waals surface area contributed by atoms with Gasteiger partial charge in [0.1, 0.15) is 0 Å². The van der Waals surface area contributed by atoms with Crippen LogP contribution < -0.4 is 14.8 Å². The number of fused-ring (bicyclic) bond motifs is 1. The highest BCUT2D eigenvalue weighted by Crippen LogP contribution is 2.32. The summed E-state index contributed by atoms with van der Waals surface area (Å²) in [5, 5.41) is 2.97. The first kappa shape index (κ1) is 18.7. The van der Waals surface area contributed by atoms with Crippen molar-refractivity contribution >= 4 is 27.5 Å². The fourth-order valence-corrected chi connectivity index (χ4v) is 3.13. The van der Waals surface area contributed by atoms with E-state index in [4.69, 9.17) is 9.47 Å². The van der Waals surface area contributed by atoms with E-state index in [-0.39, 0.29) is 11.9 Å². The van der Waals surface area contributed by atoms with Crippen LogP contribution in [0.1, 0.15) is 18.9 Å². The Kier molecular flexibility index (Phi) is 6.16. The lowest BCUT2D eigenvalue weighted by Gasteiger charge is -2.24.